The van der Waals surface area contributed by atoms with Crippen LogP contribution in [0.15, 0.2) is 53.3 Å². The fourth-order valence-corrected chi connectivity index (χ4v) is 3.66. The van der Waals surface area contributed by atoms with Crippen molar-refractivity contribution in [2.24, 2.45) is 7.05 Å². The van der Waals surface area contributed by atoms with Crippen molar-refractivity contribution in [2.45, 2.75) is 13.0 Å². The van der Waals surface area contributed by atoms with Crippen molar-refractivity contribution in [1.29, 1.82) is 0 Å². The summed E-state index contributed by atoms with van der Waals surface area (Å²) in [4.78, 5) is 27.3. The van der Waals surface area contributed by atoms with Crippen molar-refractivity contribution in [3.63, 3.8) is 0 Å². The van der Waals surface area contributed by atoms with E-state index in [0.717, 1.165) is 35.5 Å². The highest BCUT2D eigenvalue weighted by molar-refractivity contribution is 5.94. The summed E-state index contributed by atoms with van der Waals surface area (Å²) in [6, 6.07) is 15.4. The van der Waals surface area contributed by atoms with Crippen LogP contribution in [0, 0.1) is 0 Å². The van der Waals surface area contributed by atoms with Gasteiger partial charge in [0.25, 0.3) is 0 Å². The van der Waals surface area contributed by atoms with Crippen LogP contribution in [0.1, 0.15) is 6.42 Å². The molecule has 1 N–H and O–H groups in total. The zero-order chi connectivity index (χ0) is 19.5. The molecule has 7 heteroatoms. The minimum atomic E-state index is -0.111. The number of rotatable bonds is 5. The summed E-state index contributed by atoms with van der Waals surface area (Å²) in [6.45, 7) is 3.32. The van der Waals surface area contributed by atoms with Crippen molar-refractivity contribution in [2.75, 3.05) is 36.5 Å². The molecule has 1 fully saturated rings. The number of benzene rings is 2. The normalized spacial score (nSPS) is 14.4. The maximum absolute atomic E-state index is 12.6. The average molecular weight is 380 g/mol. The van der Waals surface area contributed by atoms with Gasteiger partial charge in [0.15, 0.2) is 0 Å². The van der Waals surface area contributed by atoms with Crippen LogP contribution in [0.2, 0.25) is 0 Å². The van der Waals surface area contributed by atoms with Gasteiger partial charge in [0.05, 0.1) is 35.6 Å². The third-order valence-electron chi connectivity index (χ3n) is 5.14. The van der Waals surface area contributed by atoms with E-state index in [0.29, 0.717) is 19.8 Å². The topological polar surface area (TPSA) is 68.5 Å². The summed E-state index contributed by atoms with van der Waals surface area (Å²) in [5, 5.41) is 3.01. The summed E-state index contributed by atoms with van der Waals surface area (Å²) in [6.07, 6.45) is 0.228. The van der Waals surface area contributed by atoms with E-state index in [1.807, 2.05) is 48.5 Å². The molecule has 2 aromatic carbocycles. The molecular formula is C21H24N4O3. The number of carbonyl (C=O) groups is 1. The maximum atomic E-state index is 12.6. The van der Waals surface area contributed by atoms with Crippen molar-refractivity contribution >= 4 is 28.3 Å². The second kappa shape index (κ2) is 7.90. The molecule has 0 unspecified atom stereocenters. The van der Waals surface area contributed by atoms with E-state index >= 15 is 0 Å². The summed E-state index contributed by atoms with van der Waals surface area (Å²) in [7, 11) is 1.75. The van der Waals surface area contributed by atoms with Crippen LogP contribution in [0.3, 0.4) is 0 Å². The van der Waals surface area contributed by atoms with E-state index in [1.54, 1.807) is 16.2 Å². The molecule has 1 aromatic heterocycles. The van der Waals surface area contributed by atoms with Crippen LogP contribution >= 0.6 is 0 Å². The Bertz CT molecular complexity index is 1050. The lowest BCUT2D eigenvalue weighted by Gasteiger charge is -2.30. The minimum Gasteiger partial charge on any atom is -0.378 e. The van der Waals surface area contributed by atoms with Crippen LogP contribution in [0.4, 0.5) is 11.4 Å². The third-order valence-corrected chi connectivity index (χ3v) is 5.14. The van der Waals surface area contributed by atoms with Gasteiger partial charge < -0.3 is 15.0 Å². The van der Waals surface area contributed by atoms with Gasteiger partial charge in [-0.15, -0.1) is 0 Å². The number of hydrogen-bond acceptors (Lipinski definition) is 4. The summed E-state index contributed by atoms with van der Waals surface area (Å²) in [5.41, 5.74) is 3.39. The largest absolute Gasteiger partial charge is 0.378 e. The molecule has 4 rings (SSSR count). The first-order valence-corrected chi connectivity index (χ1v) is 9.51. The van der Waals surface area contributed by atoms with Gasteiger partial charge in [0.2, 0.25) is 5.91 Å². The van der Waals surface area contributed by atoms with Gasteiger partial charge in [-0.1, -0.05) is 24.3 Å². The molecule has 1 aliphatic rings. The number of morpholine rings is 1. The summed E-state index contributed by atoms with van der Waals surface area (Å²) in [5.74, 6) is -0.111. The van der Waals surface area contributed by atoms with E-state index in [9.17, 15) is 9.59 Å². The van der Waals surface area contributed by atoms with E-state index in [-0.39, 0.29) is 18.0 Å². The van der Waals surface area contributed by atoms with Gasteiger partial charge in [-0.05, 0) is 24.3 Å². The monoisotopic (exact) mass is 380 g/mol. The number of para-hydroxylation sites is 4. The van der Waals surface area contributed by atoms with Gasteiger partial charge in [-0.25, -0.2) is 4.79 Å². The van der Waals surface area contributed by atoms with E-state index in [2.05, 4.69) is 10.2 Å². The number of aryl methyl sites for hydroxylation is 2. The zero-order valence-electron chi connectivity index (χ0n) is 15.9. The number of anilines is 2. The van der Waals surface area contributed by atoms with E-state index in [4.69, 9.17) is 4.74 Å². The van der Waals surface area contributed by atoms with Crippen molar-refractivity contribution in [3.05, 3.63) is 59.0 Å². The number of carbonyl (C=O) groups excluding carboxylic acids is 1. The number of amides is 1. The number of nitrogens with one attached hydrogen (secondary N) is 1. The second-order valence-corrected chi connectivity index (χ2v) is 6.90. The molecular weight excluding hydrogens is 356 g/mol. The lowest BCUT2D eigenvalue weighted by atomic mass is 10.2. The molecule has 0 aliphatic carbocycles. The number of imidazole rings is 1. The van der Waals surface area contributed by atoms with Crippen LogP contribution in [0.5, 0.6) is 0 Å². The number of hydrogen-bond donors (Lipinski definition) is 1. The predicted octanol–water partition coefficient (Wildman–Crippen LogP) is 2.21. The van der Waals surface area contributed by atoms with Crippen molar-refractivity contribution in [1.82, 2.24) is 9.13 Å². The SMILES string of the molecule is Cn1c(=O)n(CCC(=O)Nc2ccccc2N2CCOCC2)c2ccccc21. The van der Waals surface area contributed by atoms with Crippen LogP contribution < -0.4 is 15.9 Å². The Morgan fingerprint density at radius 1 is 1.04 bits per heavy atom. The smallest absolute Gasteiger partial charge is 0.328 e. The zero-order valence-corrected chi connectivity index (χ0v) is 15.9. The predicted molar refractivity (Wildman–Crippen MR) is 110 cm³/mol. The van der Waals surface area contributed by atoms with Crippen molar-refractivity contribution < 1.29 is 9.53 Å². The number of aromatic nitrogens is 2. The van der Waals surface area contributed by atoms with Gasteiger partial charge in [0.1, 0.15) is 0 Å². The highest BCUT2D eigenvalue weighted by Crippen LogP contribution is 2.26. The Balaban J connectivity index is 1.48. The number of nitrogens with zero attached hydrogens (tertiary/aromatic N) is 3. The van der Waals surface area contributed by atoms with E-state index < -0.39 is 0 Å². The standard InChI is InChI=1S/C21H24N4O3/c1-23-18-8-4-5-9-19(18)25(21(23)27)11-10-20(26)22-16-6-2-3-7-17(16)24-12-14-28-15-13-24/h2-9H,10-15H2,1H3,(H,22,26). The first-order valence-electron chi connectivity index (χ1n) is 9.51. The molecule has 7 nitrogen and oxygen atoms in total. The quantitative estimate of drug-likeness (QED) is 0.737. The average Bonchev–Trinajstić information content (AvgIpc) is 2.98. The molecule has 3 aromatic rings. The highest BCUT2D eigenvalue weighted by Gasteiger charge is 2.16. The number of fused-ring (bicyclic) bond motifs is 1. The fourth-order valence-electron chi connectivity index (χ4n) is 3.66. The van der Waals surface area contributed by atoms with Gasteiger partial charge >= 0.3 is 5.69 Å². The maximum Gasteiger partial charge on any atom is 0.328 e. The molecule has 1 saturated heterocycles. The number of ether oxygens (including phenoxy) is 1. The molecule has 146 valence electrons. The molecule has 28 heavy (non-hydrogen) atoms. The Hall–Kier alpha value is -3.06. The molecule has 2 heterocycles. The first kappa shape index (κ1) is 18.3. The third kappa shape index (κ3) is 3.53. The van der Waals surface area contributed by atoms with Gasteiger partial charge in [-0.3, -0.25) is 13.9 Å². The molecule has 0 spiro atoms. The Morgan fingerprint density at radius 2 is 1.71 bits per heavy atom. The lowest BCUT2D eigenvalue weighted by molar-refractivity contribution is -0.116. The van der Waals surface area contributed by atoms with E-state index in [1.165, 1.54) is 0 Å². The Labute approximate surface area is 163 Å². The molecule has 0 atom stereocenters. The lowest BCUT2D eigenvalue weighted by Crippen LogP contribution is -2.36. The fraction of sp³-hybridized carbons (Fsp3) is 0.333. The molecule has 1 aliphatic heterocycles. The molecule has 0 saturated carbocycles. The van der Waals surface area contributed by atoms with Gasteiger partial charge in [-0.2, -0.15) is 0 Å². The van der Waals surface area contributed by atoms with Gasteiger partial charge in [0, 0.05) is 33.1 Å². The molecule has 0 radical (unpaired) electrons. The first-order chi connectivity index (χ1) is 13.6. The summed E-state index contributed by atoms with van der Waals surface area (Å²) >= 11 is 0. The highest BCUT2D eigenvalue weighted by atomic mass is 16.5. The summed E-state index contributed by atoms with van der Waals surface area (Å²) < 4.78 is 8.68. The van der Waals surface area contributed by atoms with Crippen LogP contribution in [0.25, 0.3) is 11.0 Å². The van der Waals surface area contributed by atoms with Crippen LogP contribution in [-0.2, 0) is 23.1 Å². The van der Waals surface area contributed by atoms with Crippen molar-refractivity contribution in [3.8, 4) is 0 Å². The minimum absolute atomic E-state index is 0.109. The van der Waals surface area contributed by atoms with Crippen LogP contribution in [-0.4, -0.2) is 41.3 Å². The molecule has 0 bridgehead atoms. The Kier molecular flexibility index (Phi) is 5.16. The second-order valence-electron chi connectivity index (χ2n) is 6.90. The molecule has 1 amide bonds. The Morgan fingerprint density at radius 3 is 2.50 bits per heavy atom.